The molecule has 2 atom stereocenters. The molecule has 1 saturated carbocycles. The molecule has 0 unspecified atom stereocenters. The molecule has 2 saturated heterocycles. The van der Waals surface area contributed by atoms with Crippen molar-refractivity contribution in [1.29, 1.82) is 0 Å². The number of likely N-dealkylation sites (tertiary alicyclic amines) is 1. The first-order valence-corrected chi connectivity index (χ1v) is 8.18. The van der Waals surface area contributed by atoms with Gasteiger partial charge in [-0.25, -0.2) is 0 Å². The molecule has 3 fully saturated rings. The summed E-state index contributed by atoms with van der Waals surface area (Å²) >= 11 is 0. The lowest BCUT2D eigenvalue weighted by atomic mass is 9.82. The molecule has 2 aliphatic heterocycles. The molecule has 122 valence electrons. The van der Waals surface area contributed by atoms with Crippen molar-refractivity contribution in [3.8, 4) is 0 Å². The zero-order valence-electron chi connectivity index (χ0n) is 12.6. The fourth-order valence-electron chi connectivity index (χ4n) is 3.44. The van der Waals surface area contributed by atoms with Crippen LogP contribution in [0.2, 0.25) is 0 Å². The molecular formula is C15H23N3O4. The Morgan fingerprint density at radius 3 is 2.64 bits per heavy atom. The van der Waals surface area contributed by atoms with E-state index in [1.165, 1.54) is 12.8 Å². The van der Waals surface area contributed by atoms with Gasteiger partial charge >= 0.3 is 0 Å². The lowest BCUT2D eigenvalue weighted by Gasteiger charge is -2.46. The second-order valence-corrected chi connectivity index (χ2v) is 6.93. The lowest BCUT2D eigenvalue weighted by molar-refractivity contribution is -0.188. The summed E-state index contributed by atoms with van der Waals surface area (Å²) in [5.74, 6) is 2.04. The number of hydrogen-bond acceptors (Lipinski definition) is 7. The first kappa shape index (κ1) is 14.6. The van der Waals surface area contributed by atoms with Crippen LogP contribution in [-0.2, 0) is 11.3 Å². The van der Waals surface area contributed by atoms with Gasteiger partial charge in [0.2, 0.25) is 5.89 Å². The molecule has 3 aliphatic rings. The maximum atomic E-state index is 9.88. The van der Waals surface area contributed by atoms with Crippen molar-refractivity contribution in [2.45, 2.75) is 62.4 Å². The number of aromatic nitrogens is 2. The van der Waals surface area contributed by atoms with E-state index < -0.39 is 12.2 Å². The van der Waals surface area contributed by atoms with Gasteiger partial charge in [-0.2, -0.15) is 4.98 Å². The number of ether oxygens (including phenoxy) is 1. The van der Waals surface area contributed by atoms with Crippen molar-refractivity contribution in [3.05, 3.63) is 11.7 Å². The number of aliphatic hydroxyl groups is 2. The number of rotatable bonds is 3. The molecule has 1 spiro atoms. The Hall–Kier alpha value is -1.02. The van der Waals surface area contributed by atoms with Crippen LogP contribution in [0.5, 0.6) is 0 Å². The van der Waals surface area contributed by atoms with Gasteiger partial charge in [0.25, 0.3) is 0 Å². The summed E-state index contributed by atoms with van der Waals surface area (Å²) < 4.78 is 11.1. The van der Waals surface area contributed by atoms with Gasteiger partial charge in [0.05, 0.1) is 24.9 Å². The van der Waals surface area contributed by atoms with Gasteiger partial charge < -0.3 is 19.5 Å². The van der Waals surface area contributed by atoms with E-state index in [4.69, 9.17) is 9.26 Å². The van der Waals surface area contributed by atoms with Crippen molar-refractivity contribution in [3.63, 3.8) is 0 Å². The fraction of sp³-hybridized carbons (Fsp3) is 0.867. The normalized spacial score (nSPS) is 32.5. The summed E-state index contributed by atoms with van der Waals surface area (Å²) in [5.41, 5.74) is -0.272. The Balaban J connectivity index is 1.31. The molecule has 1 aliphatic carbocycles. The molecule has 4 rings (SSSR count). The second-order valence-electron chi connectivity index (χ2n) is 6.93. The van der Waals surface area contributed by atoms with Crippen LogP contribution in [0.15, 0.2) is 4.52 Å². The molecule has 0 amide bonds. The Morgan fingerprint density at radius 2 is 1.95 bits per heavy atom. The van der Waals surface area contributed by atoms with Crippen molar-refractivity contribution in [2.24, 2.45) is 0 Å². The van der Waals surface area contributed by atoms with Crippen LogP contribution < -0.4 is 0 Å². The van der Waals surface area contributed by atoms with Gasteiger partial charge in [0.15, 0.2) is 5.82 Å². The highest BCUT2D eigenvalue weighted by molar-refractivity contribution is 5.02. The minimum Gasteiger partial charge on any atom is -0.390 e. The van der Waals surface area contributed by atoms with Crippen molar-refractivity contribution >= 4 is 0 Å². The Labute approximate surface area is 129 Å². The number of piperidine rings is 1. The summed E-state index contributed by atoms with van der Waals surface area (Å²) in [6, 6.07) is 0. The van der Waals surface area contributed by atoms with Gasteiger partial charge in [-0.05, 0) is 25.7 Å². The fourth-order valence-corrected chi connectivity index (χ4v) is 3.44. The molecule has 7 heteroatoms. The summed E-state index contributed by atoms with van der Waals surface area (Å²) in [4.78, 5) is 6.77. The van der Waals surface area contributed by atoms with E-state index in [0.29, 0.717) is 18.9 Å². The Morgan fingerprint density at radius 1 is 1.18 bits per heavy atom. The van der Waals surface area contributed by atoms with E-state index in [-0.39, 0.29) is 12.2 Å². The van der Waals surface area contributed by atoms with E-state index in [2.05, 4.69) is 15.0 Å². The zero-order valence-corrected chi connectivity index (χ0v) is 12.6. The number of aliphatic hydroxyl groups excluding tert-OH is 2. The highest BCUT2D eigenvalue weighted by Crippen LogP contribution is 2.39. The van der Waals surface area contributed by atoms with E-state index >= 15 is 0 Å². The summed E-state index contributed by atoms with van der Waals surface area (Å²) in [5, 5.41) is 23.5. The van der Waals surface area contributed by atoms with Crippen LogP contribution in [0.4, 0.5) is 0 Å². The van der Waals surface area contributed by atoms with Crippen LogP contribution in [0, 0.1) is 0 Å². The highest BCUT2D eigenvalue weighted by atomic mass is 16.5. The number of nitrogens with zero attached hydrogens (tertiary/aromatic N) is 3. The zero-order chi connectivity index (χ0) is 15.2. The average Bonchev–Trinajstić information content (AvgIpc) is 3.26. The predicted molar refractivity (Wildman–Crippen MR) is 76.1 cm³/mol. The van der Waals surface area contributed by atoms with Gasteiger partial charge in [0, 0.05) is 25.4 Å². The second kappa shape index (κ2) is 5.56. The van der Waals surface area contributed by atoms with Crippen LogP contribution in [0.25, 0.3) is 0 Å². The largest absolute Gasteiger partial charge is 0.390 e. The Kier molecular flexibility index (Phi) is 3.68. The van der Waals surface area contributed by atoms with E-state index in [0.717, 1.165) is 37.6 Å². The summed E-state index contributed by atoms with van der Waals surface area (Å²) in [7, 11) is 0. The van der Waals surface area contributed by atoms with Gasteiger partial charge in [-0.1, -0.05) is 5.16 Å². The quantitative estimate of drug-likeness (QED) is 0.836. The SMILES string of the molecule is O[C@@H]1CC2(CCN(Cc3noc(C4CC4)n3)CC2)OC[C@@H]1O. The molecule has 0 aromatic carbocycles. The summed E-state index contributed by atoms with van der Waals surface area (Å²) in [6.07, 6.45) is 3.17. The van der Waals surface area contributed by atoms with Gasteiger partial charge in [0.1, 0.15) is 6.10 Å². The monoisotopic (exact) mass is 309 g/mol. The van der Waals surface area contributed by atoms with Crippen molar-refractivity contribution in [2.75, 3.05) is 19.7 Å². The van der Waals surface area contributed by atoms with Crippen LogP contribution in [0.3, 0.4) is 0 Å². The number of hydrogen-bond donors (Lipinski definition) is 2. The topological polar surface area (TPSA) is 91.9 Å². The molecule has 1 aromatic heterocycles. The molecule has 22 heavy (non-hydrogen) atoms. The van der Waals surface area contributed by atoms with E-state index in [1.807, 2.05) is 0 Å². The molecule has 0 bridgehead atoms. The van der Waals surface area contributed by atoms with Gasteiger partial charge in [-0.15, -0.1) is 0 Å². The maximum absolute atomic E-state index is 9.88. The molecular weight excluding hydrogens is 286 g/mol. The minimum absolute atomic E-state index is 0.233. The predicted octanol–water partition coefficient (Wildman–Crippen LogP) is 0.424. The van der Waals surface area contributed by atoms with Crippen LogP contribution in [0.1, 0.15) is 49.7 Å². The minimum atomic E-state index is -0.746. The third-order valence-corrected chi connectivity index (χ3v) is 5.13. The molecule has 7 nitrogen and oxygen atoms in total. The standard InChI is InChI=1S/C15H23N3O4/c19-11-7-15(21-9-12(11)20)3-5-18(6-4-15)8-13-16-14(22-17-13)10-1-2-10/h10-12,19-20H,1-9H2/t11-,12+/m1/s1. The smallest absolute Gasteiger partial charge is 0.229 e. The molecule has 2 N–H and O–H groups in total. The first-order valence-electron chi connectivity index (χ1n) is 8.18. The van der Waals surface area contributed by atoms with Crippen molar-refractivity contribution < 1.29 is 19.5 Å². The van der Waals surface area contributed by atoms with Crippen LogP contribution >= 0.6 is 0 Å². The molecule has 3 heterocycles. The summed E-state index contributed by atoms with van der Waals surface area (Å²) in [6.45, 7) is 2.71. The van der Waals surface area contributed by atoms with Gasteiger partial charge in [-0.3, -0.25) is 4.90 Å². The van der Waals surface area contributed by atoms with Crippen molar-refractivity contribution in [1.82, 2.24) is 15.0 Å². The first-order chi connectivity index (χ1) is 10.6. The third-order valence-electron chi connectivity index (χ3n) is 5.13. The highest BCUT2D eigenvalue weighted by Gasteiger charge is 2.43. The van der Waals surface area contributed by atoms with E-state index in [9.17, 15) is 10.2 Å². The molecule has 1 aromatic rings. The lowest BCUT2D eigenvalue weighted by Crippen LogP contribution is -2.54. The Bertz CT molecular complexity index is 523. The van der Waals surface area contributed by atoms with Crippen LogP contribution in [-0.4, -0.2) is 62.8 Å². The average molecular weight is 309 g/mol. The third kappa shape index (κ3) is 2.90. The molecule has 0 radical (unpaired) electrons. The maximum Gasteiger partial charge on any atom is 0.229 e. The van der Waals surface area contributed by atoms with E-state index in [1.54, 1.807) is 0 Å².